The maximum Gasteiger partial charge on any atom is 0.250 e. The van der Waals surface area contributed by atoms with Gasteiger partial charge in [-0.25, -0.2) is 4.98 Å². The summed E-state index contributed by atoms with van der Waals surface area (Å²) in [6, 6.07) is 5.36. The van der Waals surface area contributed by atoms with Gasteiger partial charge in [-0.15, -0.1) is 0 Å². The van der Waals surface area contributed by atoms with Crippen molar-refractivity contribution in [2.75, 3.05) is 45.7 Å². The second-order valence-corrected chi connectivity index (χ2v) is 8.98. The smallest absolute Gasteiger partial charge is 0.250 e. The molecule has 1 saturated heterocycles. The van der Waals surface area contributed by atoms with E-state index in [2.05, 4.69) is 25.2 Å². The molecule has 7 nitrogen and oxygen atoms in total. The Balaban J connectivity index is 1.80. The molecule has 1 fully saturated rings. The van der Waals surface area contributed by atoms with Gasteiger partial charge < -0.3 is 19.7 Å². The largest absolute Gasteiger partial charge is 0.493 e. The van der Waals surface area contributed by atoms with E-state index in [1.807, 2.05) is 6.07 Å². The van der Waals surface area contributed by atoms with Crippen LogP contribution < -0.4 is 14.8 Å². The van der Waals surface area contributed by atoms with E-state index in [0.29, 0.717) is 35.4 Å². The summed E-state index contributed by atoms with van der Waals surface area (Å²) in [6.45, 7) is 4.10. The maximum atomic E-state index is 6.04. The first kappa shape index (κ1) is 22.2. The molecule has 0 amide bonds. The highest BCUT2D eigenvalue weighted by atomic mass is 35.6. The van der Waals surface area contributed by atoms with E-state index in [0.717, 1.165) is 13.0 Å². The summed E-state index contributed by atoms with van der Waals surface area (Å²) >= 11 is 18.1. The van der Waals surface area contributed by atoms with Gasteiger partial charge in [0.05, 0.1) is 14.2 Å². The molecule has 158 valence electrons. The number of halogens is 3. The summed E-state index contributed by atoms with van der Waals surface area (Å²) in [5.41, 5.74) is 0.695. The third-order valence-electron chi connectivity index (χ3n) is 4.66. The molecule has 10 heteroatoms. The fraction of sp³-hybridized carbons (Fsp3) is 0.526. The number of nitrogens with one attached hydrogen (secondary N) is 1. The zero-order valence-electron chi connectivity index (χ0n) is 16.4. The lowest BCUT2D eigenvalue weighted by molar-refractivity contribution is 0.337. The zero-order valence-corrected chi connectivity index (χ0v) is 18.7. The fourth-order valence-electron chi connectivity index (χ4n) is 3.20. The number of alkyl halides is 3. The Morgan fingerprint density at radius 1 is 1.03 bits per heavy atom. The van der Waals surface area contributed by atoms with Crippen LogP contribution in [0.15, 0.2) is 18.2 Å². The van der Waals surface area contributed by atoms with Crippen molar-refractivity contribution < 1.29 is 9.47 Å². The predicted molar refractivity (Wildman–Crippen MR) is 116 cm³/mol. The van der Waals surface area contributed by atoms with Crippen LogP contribution in [0.25, 0.3) is 11.4 Å². The van der Waals surface area contributed by atoms with Gasteiger partial charge in [0.2, 0.25) is 9.74 Å². The van der Waals surface area contributed by atoms with Crippen LogP contribution in [0.3, 0.4) is 0 Å². The summed E-state index contributed by atoms with van der Waals surface area (Å²) in [7, 11) is 3.14. The molecule has 2 aromatic rings. The molecule has 3 rings (SSSR count). The first-order valence-corrected chi connectivity index (χ1v) is 10.6. The van der Waals surface area contributed by atoms with Crippen molar-refractivity contribution in [2.24, 2.45) is 0 Å². The van der Waals surface area contributed by atoms with Gasteiger partial charge in [0.1, 0.15) is 0 Å². The van der Waals surface area contributed by atoms with Crippen LogP contribution in [0.2, 0.25) is 0 Å². The first-order valence-electron chi connectivity index (χ1n) is 9.42. The van der Waals surface area contributed by atoms with E-state index in [-0.39, 0.29) is 5.82 Å². The van der Waals surface area contributed by atoms with Crippen molar-refractivity contribution in [1.82, 2.24) is 19.9 Å². The Hall–Kier alpha value is -1.54. The molecule has 1 aromatic carbocycles. The van der Waals surface area contributed by atoms with Crippen LogP contribution in [-0.2, 0) is 3.79 Å². The molecule has 1 aliphatic heterocycles. The van der Waals surface area contributed by atoms with Crippen molar-refractivity contribution in [2.45, 2.75) is 23.1 Å². The Bertz CT molecular complexity index is 826. The van der Waals surface area contributed by atoms with Crippen LogP contribution >= 0.6 is 34.8 Å². The average Bonchev–Trinajstić information content (AvgIpc) is 3.23. The highest BCUT2D eigenvalue weighted by Gasteiger charge is 2.28. The molecule has 2 heterocycles. The van der Waals surface area contributed by atoms with Crippen LogP contribution in [0.1, 0.15) is 25.1 Å². The number of aromatic nitrogens is 3. The fourth-order valence-corrected chi connectivity index (χ4v) is 3.45. The molecule has 0 unspecified atom stereocenters. The van der Waals surface area contributed by atoms with Crippen molar-refractivity contribution in [1.29, 1.82) is 0 Å². The summed E-state index contributed by atoms with van der Waals surface area (Å²) in [4.78, 5) is 15.6. The van der Waals surface area contributed by atoms with Gasteiger partial charge in [-0.05, 0) is 57.1 Å². The third-order valence-corrected chi connectivity index (χ3v) is 5.17. The molecule has 0 radical (unpaired) electrons. The van der Waals surface area contributed by atoms with Gasteiger partial charge in [0.25, 0.3) is 0 Å². The highest BCUT2D eigenvalue weighted by molar-refractivity contribution is 6.66. The van der Waals surface area contributed by atoms with Gasteiger partial charge >= 0.3 is 0 Å². The van der Waals surface area contributed by atoms with Gasteiger partial charge in [0.15, 0.2) is 23.1 Å². The lowest BCUT2D eigenvalue weighted by Crippen LogP contribution is -2.23. The number of rotatable bonds is 8. The summed E-state index contributed by atoms with van der Waals surface area (Å²) in [5, 5.41) is 3.22. The number of hydrogen-bond acceptors (Lipinski definition) is 7. The van der Waals surface area contributed by atoms with Crippen molar-refractivity contribution in [3.8, 4) is 22.9 Å². The molecule has 0 saturated carbocycles. The third kappa shape index (κ3) is 5.98. The van der Waals surface area contributed by atoms with E-state index in [4.69, 9.17) is 44.3 Å². The van der Waals surface area contributed by atoms with Crippen LogP contribution in [0.4, 0.5) is 5.95 Å². The van der Waals surface area contributed by atoms with Crippen molar-refractivity contribution in [3.63, 3.8) is 0 Å². The molecule has 0 atom stereocenters. The second kappa shape index (κ2) is 9.98. The average molecular weight is 461 g/mol. The van der Waals surface area contributed by atoms with Crippen LogP contribution in [0.5, 0.6) is 11.5 Å². The van der Waals surface area contributed by atoms with Gasteiger partial charge in [-0.1, -0.05) is 34.8 Å². The highest BCUT2D eigenvalue weighted by Crippen LogP contribution is 2.37. The topological polar surface area (TPSA) is 72.4 Å². The minimum atomic E-state index is -1.76. The van der Waals surface area contributed by atoms with E-state index < -0.39 is 3.79 Å². The minimum absolute atomic E-state index is 0.0596. The number of nitrogens with zero attached hydrogens (tertiary/aromatic N) is 4. The monoisotopic (exact) mass is 459 g/mol. The van der Waals surface area contributed by atoms with Crippen LogP contribution in [-0.4, -0.2) is 60.3 Å². The molecule has 0 spiro atoms. The number of anilines is 1. The Morgan fingerprint density at radius 2 is 1.76 bits per heavy atom. The zero-order chi connectivity index (χ0) is 20.9. The molecule has 0 bridgehead atoms. The summed E-state index contributed by atoms with van der Waals surface area (Å²) in [5.74, 6) is 1.97. The lowest BCUT2D eigenvalue weighted by Gasteiger charge is -2.16. The standard InChI is InChI=1S/C19H24Cl3N5O2/c1-28-14-7-6-13(12-15(14)29-2)16-24-17(19(20,21)22)26-18(25-16)23-8-5-11-27-9-3-4-10-27/h6-7,12H,3-5,8-11H2,1-2H3,(H,23,24,25,26). The molecule has 1 aliphatic rings. The number of hydrogen-bond donors (Lipinski definition) is 1. The van der Waals surface area contributed by atoms with E-state index in [1.165, 1.54) is 25.9 Å². The van der Waals surface area contributed by atoms with Gasteiger partial charge in [-0.3, -0.25) is 0 Å². The number of likely N-dealkylation sites (tertiary alicyclic amines) is 1. The van der Waals surface area contributed by atoms with E-state index in [9.17, 15) is 0 Å². The second-order valence-electron chi connectivity index (χ2n) is 6.70. The molecule has 1 aromatic heterocycles. The number of methoxy groups -OCH3 is 2. The quantitative estimate of drug-likeness (QED) is 0.465. The van der Waals surface area contributed by atoms with E-state index in [1.54, 1.807) is 26.4 Å². The number of ether oxygens (including phenoxy) is 2. The molecular formula is C19H24Cl3N5O2. The lowest BCUT2D eigenvalue weighted by atomic mass is 10.2. The Kier molecular flexibility index (Phi) is 7.62. The SMILES string of the molecule is COc1ccc(-c2nc(NCCCN3CCCC3)nc(C(Cl)(Cl)Cl)n2)cc1OC. The first-order chi connectivity index (χ1) is 13.9. The van der Waals surface area contributed by atoms with E-state index >= 15 is 0 Å². The van der Waals surface area contributed by atoms with Crippen LogP contribution in [0, 0.1) is 0 Å². The Labute approximate surface area is 185 Å². The minimum Gasteiger partial charge on any atom is -0.493 e. The predicted octanol–water partition coefficient (Wildman–Crippen LogP) is 4.28. The molecule has 0 aliphatic carbocycles. The number of benzene rings is 1. The van der Waals surface area contributed by atoms with Gasteiger partial charge in [-0.2, -0.15) is 9.97 Å². The van der Waals surface area contributed by atoms with Gasteiger partial charge in [0, 0.05) is 12.1 Å². The van der Waals surface area contributed by atoms with Crippen molar-refractivity contribution >= 4 is 40.8 Å². The summed E-state index contributed by atoms with van der Waals surface area (Å²) in [6.07, 6.45) is 3.53. The molecule has 1 N–H and O–H groups in total. The normalized spacial score (nSPS) is 14.8. The molecular weight excluding hydrogens is 437 g/mol. The van der Waals surface area contributed by atoms with Crippen molar-refractivity contribution in [3.05, 3.63) is 24.0 Å². The molecule has 29 heavy (non-hydrogen) atoms. The summed E-state index contributed by atoms with van der Waals surface area (Å²) < 4.78 is 8.87. The Morgan fingerprint density at radius 3 is 2.41 bits per heavy atom. The maximum absolute atomic E-state index is 6.04.